The van der Waals surface area contributed by atoms with Gasteiger partial charge in [0.15, 0.2) is 0 Å². The van der Waals surface area contributed by atoms with Crippen LogP contribution in [0.25, 0.3) is 0 Å². The average Bonchev–Trinajstić information content (AvgIpc) is 2.45. The summed E-state index contributed by atoms with van der Waals surface area (Å²) in [6.45, 7) is 8.87. The highest BCUT2D eigenvalue weighted by Gasteiger charge is 2.22. The highest BCUT2D eigenvalue weighted by atomic mass is 16.5. The van der Waals surface area contributed by atoms with Crippen LogP contribution in [0.4, 0.5) is 0 Å². The third kappa shape index (κ3) is 6.16. The lowest BCUT2D eigenvalue weighted by atomic mass is 10.2. The normalized spacial score (nSPS) is 22.1. The second kappa shape index (κ2) is 9.27. The van der Waals surface area contributed by atoms with Crippen LogP contribution < -0.4 is 0 Å². The molecule has 1 saturated heterocycles. The summed E-state index contributed by atoms with van der Waals surface area (Å²) in [5.74, 6) is 0. The molecule has 3 unspecified atom stereocenters. The van der Waals surface area contributed by atoms with Gasteiger partial charge in [0.2, 0.25) is 0 Å². The minimum Gasteiger partial charge on any atom is -0.389 e. The van der Waals surface area contributed by atoms with E-state index in [1.807, 2.05) is 13.8 Å². The highest BCUT2D eigenvalue weighted by Crippen LogP contribution is 2.06. The van der Waals surface area contributed by atoms with Crippen LogP contribution in [-0.2, 0) is 9.47 Å². The van der Waals surface area contributed by atoms with Gasteiger partial charge in [0.1, 0.15) is 0 Å². The number of hydrogen-bond acceptors (Lipinski definition) is 6. The van der Waals surface area contributed by atoms with Crippen molar-refractivity contribution in [2.75, 3.05) is 53.0 Å². The topological polar surface area (TPSA) is 69.0 Å². The third-order valence-corrected chi connectivity index (χ3v) is 3.58. The Bertz CT molecular complexity index is 301. The summed E-state index contributed by atoms with van der Waals surface area (Å²) in [6.07, 6.45) is -0.475. The van der Waals surface area contributed by atoms with E-state index in [1.165, 1.54) is 0 Å². The highest BCUT2D eigenvalue weighted by molar-refractivity contribution is 4.90. The number of aliphatic hydroxyl groups is 1. The predicted molar refractivity (Wildman–Crippen MR) is 76.4 cm³/mol. The maximum atomic E-state index is 9.97. The minimum absolute atomic E-state index is 0.00276. The lowest BCUT2D eigenvalue weighted by molar-refractivity contribution is -0.0430. The Morgan fingerprint density at radius 2 is 1.85 bits per heavy atom. The molecular weight excluding hydrogens is 258 g/mol. The molecule has 1 fully saturated rings. The van der Waals surface area contributed by atoms with Gasteiger partial charge in [-0.25, -0.2) is 0 Å². The molecule has 0 aromatic carbocycles. The van der Waals surface area contributed by atoms with Gasteiger partial charge in [0, 0.05) is 39.8 Å². The van der Waals surface area contributed by atoms with Crippen molar-refractivity contribution in [1.29, 1.82) is 5.26 Å². The van der Waals surface area contributed by atoms with E-state index in [0.29, 0.717) is 19.8 Å². The first kappa shape index (κ1) is 17.3. The van der Waals surface area contributed by atoms with Gasteiger partial charge in [-0.05, 0) is 13.8 Å². The lowest BCUT2D eigenvalue weighted by Crippen LogP contribution is -2.51. The van der Waals surface area contributed by atoms with E-state index >= 15 is 0 Å². The van der Waals surface area contributed by atoms with E-state index in [0.717, 1.165) is 26.2 Å². The fraction of sp³-hybridized carbons (Fsp3) is 0.929. The summed E-state index contributed by atoms with van der Waals surface area (Å²) in [5, 5.41) is 18.9. The molecule has 1 aliphatic rings. The van der Waals surface area contributed by atoms with Crippen molar-refractivity contribution in [2.45, 2.75) is 32.1 Å². The van der Waals surface area contributed by atoms with Crippen LogP contribution in [0.5, 0.6) is 0 Å². The number of methoxy groups -OCH3 is 1. The van der Waals surface area contributed by atoms with Crippen LogP contribution >= 0.6 is 0 Å². The van der Waals surface area contributed by atoms with Gasteiger partial charge >= 0.3 is 0 Å². The van der Waals surface area contributed by atoms with Crippen LogP contribution in [0.2, 0.25) is 0 Å². The van der Waals surface area contributed by atoms with E-state index in [9.17, 15) is 5.11 Å². The molecule has 116 valence electrons. The number of hydrogen-bond donors (Lipinski definition) is 1. The van der Waals surface area contributed by atoms with Crippen LogP contribution in [-0.4, -0.2) is 86.2 Å². The largest absolute Gasteiger partial charge is 0.389 e. The van der Waals surface area contributed by atoms with Gasteiger partial charge < -0.3 is 14.6 Å². The number of rotatable bonds is 8. The van der Waals surface area contributed by atoms with Crippen molar-refractivity contribution in [3.8, 4) is 6.07 Å². The van der Waals surface area contributed by atoms with E-state index in [-0.39, 0.29) is 12.1 Å². The summed E-state index contributed by atoms with van der Waals surface area (Å²) in [7, 11) is 1.64. The van der Waals surface area contributed by atoms with Crippen molar-refractivity contribution in [3.63, 3.8) is 0 Å². The molecule has 6 nitrogen and oxygen atoms in total. The van der Waals surface area contributed by atoms with Crippen molar-refractivity contribution in [3.05, 3.63) is 0 Å². The second-order valence-corrected chi connectivity index (χ2v) is 5.39. The van der Waals surface area contributed by atoms with Gasteiger partial charge in [-0.1, -0.05) is 0 Å². The molecule has 20 heavy (non-hydrogen) atoms. The molecule has 0 aliphatic carbocycles. The fourth-order valence-corrected chi connectivity index (χ4v) is 2.32. The molecular formula is C14H27N3O3. The Morgan fingerprint density at radius 3 is 2.40 bits per heavy atom. The minimum atomic E-state index is -0.478. The van der Waals surface area contributed by atoms with Crippen molar-refractivity contribution < 1.29 is 14.6 Å². The van der Waals surface area contributed by atoms with Crippen molar-refractivity contribution in [2.24, 2.45) is 0 Å². The summed E-state index contributed by atoms with van der Waals surface area (Å²) >= 11 is 0. The number of nitrogens with zero attached hydrogens (tertiary/aromatic N) is 3. The first-order valence-electron chi connectivity index (χ1n) is 7.21. The van der Waals surface area contributed by atoms with Gasteiger partial charge in [-0.3, -0.25) is 9.80 Å². The quantitative estimate of drug-likeness (QED) is 0.673. The van der Waals surface area contributed by atoms with Crippen molar-refractivity contribution >= 4 is 0 Å². The zero-order valence-corrected chi connectivity index (χ0v) is 12.8. The first-order chi connectivity index (χ1) is 9.56. The summed E-state index contributed by atoms with van der Waals surface area (Å²) in [4.78, 5) is 4.38. The third-order valence-electron chi connectivity index (χ3n) is 3.58. The maximum absolute atomic E-state index is 9.97. The van der Waals surface area contributed by atoms with Crippen LogP contribution in [0, 0.1) is 11.3 Å². The number of β-amino-alcohol motifs (C(OH)–C–C–N with tert-alkyl or cyclic N) is 1. The molecule has 0 amide bonds. The smallest absolute Gasteiger partial charge is 0.0950 e. The van der Waals surface area contributed by atoms with Gasteiger partial charge in [-0.2, -0.15) is 5.26 Å². The lowest BCUT2D eigenvalue weighted by Gasteiger charge is -2.36. The van der Waals surface area contributed by atoms with Gasteiger partial charge in [-0.15, -0.1) is 0 Å². The Balaban J connectivity index is 2.18. The van der Waals surface area contributed by atoms with E-state index in [1.54, 1.807) is 7.11 Å². The molecule has 1 heterocycles. The number of aliphatic hydroxyl groups excluding tert-OH is 1. The molecule has 1 rings (SSSR count). The molecule has 0 aromatic rings. The molecule has 0 saturated carbocycles. The summed E-state index contributed by atoms with van der Waals surface area (Å²) < 4.78 is 10.5. The van der Waals surface area contributed by atoms with E-state index < -0.39 is 6.10 Å². The predicted octanol–water partition coefficient (Wildman–Crippen LogP) is -0.0715. The summed E-state index contributed by atoms with van der Waals surface area (Å²) in [5.41, 5.74) is 0. The average molecular weight is 285 g/mol. The fourth-order valence-electron chi connectivity index (χ4n) is 2.32. The number of piperazine rings is 1. The Labute approximate surface area is 121 Å². The van der Waals surface area contributed by atoms with Crippen LogP contribution in [0.1, 0.15) is 13.8 Å². The molecule has 0 spiro atoms. The molecule has 3 atom stereocenters. The molecule has 6 heteroatoms. The second-order valence-electron chi connectivity index (χ2n) is 5.39. The SMILES string of the molecule is COCC(C)OCC(O)CN1CCN(C(C)C#N)CC1. The van der Waals surface area contributed by atoms with E-state index in [2.05, 4.69) is 15.9 Å². The number of nitriles is 1. The zero-order chi connectivity index (χ0) is 15.0. The van der Waals surface area contributed by atoms with Crippen molar-refractivity contribution in [1.82, 2.24) is 9.80 Å². The first-order valence-corrected chi connectivity index (χ1v) is 7.21. The maximum Gasteiger partial charge on any atom is 0.0950 e. The molecule has 0 bridgehead atoms. The number of ether oxygens (including phenoxy) is 2. The zero-order valence-electron chi connectivity index (χ0n) is 12.8. The Hall–Kier alpha value is -0.710. The van der Waals surface area contributed by atoms with Crippen LogP contribution in [0.3, 0.4) is 0 Å². The Morgan fingerprint density at radius 1 is 1.20 bits per heavy atom. The molecule has 1 N–H and O–H groups in total. The summed E-state index contributed by atoms with van der Waals surface area (Å²) in [6, 6.07) is 2.23. The van der Waals surface area contributed by atoms with Gasteiger partial charge in [0.25, 0.3) is 0 Å². The molecule has 0 aromatic heterocycles. The molecule has 1 aliphatic heterocycles. The van der Waals surface area contributed by atoms with Crippen LogP contribution in [0.15, 0.2) is 0 Å². The Kier molecular flexibility index (Phi) is 8.04. The van der Waals surface area contributed by atoms with Gasteiger partial charge in [0.05, 0.1) is 37.5 Å². The standard InChI is InChI=1S/C14H27N3O3/c1-12(8-15)17-6-4-16(5-7-17)9-14(18)11-20-13(2)10-19-3/h12-14,18H,4-7,9-11H2,1-3H3. The van der Waals surface area contributed by atoms with E-state index in [4.69, 9.17) is 14.7 Å². The monoisotopic (exact) mass is 285 g/mol. The molecule has 0 radical (unpaired) electrons.